The molecular weight excluding hydrogens is 326 g/mol. The molecular formula is C18H18ClN3O2. The van der Waals surface area contributed by atoms with Gasteiger partial charge >= 0.3 is 0 Å². The van der Waals surface area contributed by atoms with Gasteiger partial charge in [0.2, 0.25) is 0 Å². The summed E-state index contributed by atoms with van der Waals surface area (Å²) in [6.07, 6.45) is 1.75. The number of rotatable bonds is 4. The average molecular weight is 344 g/mol. The Bertz CT molecular complexity index is 972. The minimum atomic E-state index is -0.240. The lowest BCUT2D eigenvalue weighted by Crippen LogP contribution is -2.24. The largest absolute Gasteiger partial charge is 0.347 e. The second-order valence-corrected chi connectivity index (χ2v) is 5.98. The normalized spacial score (nSPS) is 11.0. The first kappa shape index (κ1) is 16.3. The van der Waals surface area contributed by atoms with E-state index in [-0.39, 0.29) is 11.5 Å². The van der Waals surface area contributed by atoms with Gasteiger partial charge in [-0.25, -0.2) is 0 Å². The fourth-order valence-electron chi connectivity index (χ4n) is 2.75. The smallest absolute Gasteiger partial charge is 0.268 e. The maximum absolute atomic E-state index is 12.5. The van der Waals surface area contributed by atoms with Gasteiger partial charge in [-0.3, -0.25) is 9.59 Å². The third-order valence-electron chi connectivity index (χ3n) is 4.15. The summed E-state index contributed by atoms with van der Waals surface area (Å²) < 4.78 is 3.35. The second-order valence-electron chi connectivity index (χ2n) is 5.57. The predicted octanol–water partition coefficient (Wildman–Crippen LogP) is 2.94. The zero-order valence-corrected chi connectivity index (χ0v) is 14.3. The molecule has 0 fully saturated rings. The van der Waals surface area contributed by atoms with Crippen LogP contribution in [0.2, 0.25) is 5.02 Å². The number of aryl methyl sites for hydroxylation is 2. The Balaban J connectivity index is 1.90. The topological polar surface area (TPSA) is 56.0 Å². The van der Waals surface area contributed by atoms with Crippen molar-refractivity contribution < 1.29 is 4.79 Å². The molecule has 1 amide bonds. The van der Waals surface area contributed by atoms with Gasteiger partial charge in [-0.05, 0) is 30.7 Å². The Kier molecular flexibility index (Phi) is 4.44. The highest BCUT2D eigenvalue weighted by atomic mass is 35.5. The zero-order valence-electron chi connectivity index (χ0n) is 13.5. The van der Waals surface area contributed by atoms with Crippen molar-refractivity contribution >= 4 is 28.4 Å². The summed E-state index contributed by atoms with van der Waals surface area (Å²) in [6.45, 7) is 2.84. The van der Waals surface area contributed by atoms with Crippen molar-refractivity contribution in [1.82, 2.24) is 14.5 Å². The molecule has 0 saturated heterocycles. The van der Waals surface area contributed by atoms with E-state index >= 15 is 0 Å². The summed E-state index contributed by atoms with van der Waals surface area (Å²) in [5.74, 6) is -0.240. The summed E-state index contributed by atoms with van der Waals surface area (Å²) in [5.41, 5.74) is 1.95. The van der Waals surface area contributed by atoms with Gasteiger partial charge in [0.05, 0.1) is 10.9 Å². The number of carbonyl (C=O) groups is 1. The van der Waals surface area contributed by atoms with Gasteiger partial charge < -0.3 is 14.5 Å². The molecule has 3 aromatic rings. The summed E-state index contributed by atoms with van der Waals surface area (Å²) in [4.78, 5) is 24.9. The molecule has 0 aliphatic heterocycles. The fourth-order valence-corrected chi connectivity index (χ4v) is 2.95. The van der Waals surface area contributed by atoms with Gasteiger partial charge in [0.1, 0.15) is 5.69 Å². The summed E-state index contributed by atoms with van der Waals surface area (Å²) in [5, 5.41) is 4.01. The maximum Gasteiger partial charge on any atom is 0.268 e. The van der Waals surface area contributed by atoms with Crippen LogP contribution in [-0.2, 0) is 20.1 Å². The number of pyridine rings is 1. The Hall–Kier alpha value is -2.53. The number of amides is 1. The van der Waals surface area contributed by atoms with Gasteiger partial charge in [0.25, 0.3) is 11.5 Å². The van der Waals surface area contributed by atoms with E-state index in [0.717, 1.165) is 11.1 Å². The molecule has 0 atom stereocenters. The Morgan fingerprint density at radius 2 is 2.00 bits per heavy atom. The molecule has 24 heavy (non-hydrogen) atoms. The number of hydrogen-bond acceptors (Lipinski definition) is 2. The first-order chi connectivity index (χ1) is 11.5. The number of nitrogens with one attached hydrogen (secondary N) is 1. The van der Waals surface area contributed by atoms with Crippen molar-refractivity contribution in [3.63, 3.8) is 0 Å². The summed E-state index contributed by atoms with van der Waals surface area (Å²) in [6, 6.07) is 10.9. The average Bonchev–Trinajstić information content (AvgIpc) is 2.92. The van der Waals surface area contributed by atoms with E-state index in [9.17, 15) is 9.59 Å². The third-order valence-corrected chi connectivity index (χ3v) is 4.52. The van der Waals surface area contributed by atoms with Crippen molar-refractivity contribution in [2.45, 2.75) is 20.0 Å². The molecule has 0 radical (unpaired) electrons. The van der Waals surface area contributed by atoms with E-state index < -0.39 is 0 Å². The highest BCUT2D eigenvalue weighted by Crippen LogP contribution is 2.17. The number of hydrogen-bond donors (Lipinski definition) is 1. The molecule has 1 N–H and O–H groups in total. The van der Waals surface area contributed by atoms with Gasteiger partial charge in [0, 0.05) is 31.4 Å². The van der Waals surface area contributed by atoms with E-state index in [1.54, 1.807) is 34.5 Å². The third kappa shape index (κ3) is 2.83. The lowest BCUT2D eigenvalue weighted by molar-refractivity contribution is 0.0943. The molecule has 6 heteroatoms. The summed E-state index contributed by atoms with van der Waals surface area (Å²) in [7, 11) is 1.78. The number of benzene rings is 1. The number of carbonyl (C=O) groups excluding carboxylic acids is 1. The van der Waals surface area contributed by atoms with Crippen molar-refractivity contribution in [3.8, 4) is 0 Å². The molecule has 2 heterocycles. The molecule has 0 aliphatic rings. The Labute approximate surface area is 144 Å². The first-order valence-corrected chi connectivity index (χ1v) is 8.11. The minimum absolute atomic E-state index is 0.0873. The highest BCUT2D eigenvalue weighted by Gasteiger charge is 2.16. The van der Waals surface area contributed by atoms with Crippen LogP contribution < -0.4 is 10.9 Å². The van der Waals surface area contributed by atoms with Crippen LogP contribution in [0.4, 0.5) is 0 Å². The van der Waals surface area contributed by atoms with Crippen LogP contribution in [0.5, 0.6) is 0 Å². The van der Waals surface area contributed by atoms with Crippen LogP contribution in [0.1, 0.15) is 23.0 Å². The molecule has 2 aromatic heterocycles. The molecule has 1 aromatic carbocycles. The highest BCUT2D eigenvalue weighted by molar-refractivity contribution is 6.31. The SMILES string of the molecule is CCn1ccc2c(cc(C(=O)NCc3ccccc3Cl)n2C)c1=O. The van der Waals surface area contributed by atoms with E-state index in [1.807, 2.05) is 31.2 Å². The van der Waals surface area contributed by atoms with Crippen LogP contribution in [0.3, 0.4) is 0 Å². The molecule has 3 rings (SSSR count). The number of fused-ring (bicyclic) bond motifs is 1. The van der Waals surface area contributed by atoms with Gasteiger partial charge in [-0.15, -0.1) is 0 Å². The molecule has 0 bridgehead atoms. The summed E-state index contributed by atoms with van der Waals surface area (Å²) >= 11 is 6.10. The van der Waals surface area contributed by atoms with Crippen LogP contribution in [-0.4, -0.2) is 15.0 Å². The van der Waals surface area contributed by atoms with Crippen molar-refractivity contribution in [3.05, 3.63) is 69.2 Å². The van der Waals surface area contributed by atoms with Crippen LogP contribution in [0.25, 0.3) is 10.9 Å². The minimum Gasteiger partial charge on any atom is -0.347 e. The molecule has 0 saturated carbocycles. The van der Waals surface area contributed by atoms with Crippen molar-refractivity contribution in [2.75, 3.05) is 0 Å². The lowest BCUT2D eigenvalue weighted by atomic mass is 10.2. The fraction of sp³-hybridized carbons (Fsp3) is 0.222. The predicted molar refractivity (Wildman–Crippen MR) is 95.5 cm³/mol. The first-order valence-electron chi connectivity index (χ1n) is 7.73. The molecule has 0 unspecified atom stereocenters. The maximum atomic E-state index is 12.5. The molecule has 0 spiro atoms. The van der Waals surface area contributed by atoms with E-state index in [2.05, 4.69) is 5.32 Å². The number of nitrogens with zero attached hydrogens (tertiary/aromatic N) is 2. The van der Waals surface area contributed by atoms with E-state index in [0.29, 0.717) is 29.2 Å². The van der Waals surface area contributed by atoms with E-state index in [4.69, 9.17) is 11.6 Å². The second kappa shape index (κ2) is 6.53. The molecule has 5 nitrogen and oxygen atoms in total. The monoisotopic (exact) mass is 343 g/mol. The lowest BCUT2D eigenvalue weighted by Gasteiger charge is -2.08. The van der Waals surface area contributed by atoms with Gasteiger partial charge in [0.15, 0.2) is 0 Å². The standard InChI is InChI=1S/C18H18ClN3O2/c1-3-22-9-8-15-13(18(22)24)10-16(21(15)2)17(23)20-11-12-6-4-5-7-14(12)19/h4-10H,3,11H2,1-2H3,(H,20,23). The number of halogens is 1. The zero-order chi connectivity index (χ0) is 17.3. The molecule has 124 valence electrons. The van der Waals surface area contributed by atoms with E-state index in [1.165, 1.54) is 0 Å². The Morgan fingerprint density at radius 1 is 1.25 bits per heavy atom. The Morgan fingerprint density at radius 3 is 2.71 bits per heavy atom. The molecule has 0 aliphatic carbocycles. The number of aromatic nitrogens is 2. The van der Waals surface area contributed by atoms with Gasteiger partial charge in [-0.1, -0.05) is 29.8 Å². The van der Waals surface area contributed by atoms with Crippen molar-refractivity contribution in [1.29, 1.82) is 0 Å². The van der Waals surface area contributed by atoms with Crippen LogP contribution in [0, 0.1) is 0 Å². The van der Waals surface area contributed by atoms with Crippen LogP contribution in [0.15, 0.2) is 47.4 Å². The quantitative estimate of drug-likeness (QED) is 0.791. The van der Waals surface area contributed by atoms with Crippen molar-refractivity contribution in [2.24, 2.45) is 7.05 Å². The van der Waals surface area contributed by atoms with Crippen LogP contribution >= 0.6 is 11.6 Å². The van der Waals surface area contributed by atoms with Gasteiger partial charge in [-0.2, -0.15) is 0 Å².